The van der Waals surface area contributed by atoms with E-state index in [-0.39, 0.29) is 11.9 Å². The van der Waals surface area contributed by atoms with Crippen LogP contribution < -0.4 is 5.32 Å². The summed E-state index contributed by atoms with van der Waals surface area (Å²) >= 11 is 6.60. The molecule has 0 saturated heterocycles. The van der Waals surface area contributed by atoms with Gasteiger partial charge in [-0.25, -0.2) is 4.39 Å². The van der Waals surface area contributed by atoms with Crippen LogP contribution in [0.3, 0.4) is 0 Å². The van der Waals surface area contributed by atoms with Crippen molar-refractivity contribution in [2.24, 2.45) is 0 Å². The Hall–Kier alpha value is -0.420. The van der Waals surface area contributed by atoms with Crippen molar-refractivity contribution in [3.63, 3.8) is 0 Å². The second kappa shape index (κ2) is 5.48. The van der Waals surface area contributed by atoms with Crippen LogP contribution in [-0.2, 0) is 0 Å². The molecule has 17 heavy (non-hydrogen) atoms. The molecule has 2 nitrogen and oxygen atoms in total. The first-order chi connectivity index (χ1) is 8.08. The van der Waals surface area contributed by atoms with E-state index >= 15 is 0 Å². The topological polar surface area (TPSA) is 29.1 Å². The molecule has 0 aliphatic heterocycles. The first-order valence-corrected chi connectivity index (χ1v) is 7.19. The highest BCUT2D eigenvalue weighted by molar-refractivity contribution is 9.10. The Morgan fingerprint density at radius 3 is 2.76 bits per heavy atom. The van der Waals surface area contributed by atoms with E-state index in [1.165, 1.54) is 6.07 Å². The van der Waals surface area contributed by atoms with Crippen LogP contribution in [0.15, 0.2) is 22.7 Å². The van der Waals surface area contributed by atoms with E-state index < -0.39 is 5.82 Å². The summed E-state index contributed by atoms with van der Waals surface area (Å²) in [7, 11) is 0. The van der Waals surface area contributed by atoms with Gasteiger partial charge < -0.3 is 5.32 Å². The summed E-state index contributed by atoms with van der Waals surface area (Å²) in [4.78, 5) is 12.2. The number of amides is 1. The van der Waals surface area contributed by atoms with Gasteiger partial charge in [-0.2, -0.15) is 0 Å². The van der Waals surface area contributed by atoms with Crippen LogP contribution >= 0.6 is 31.9 Å². The molecule has 0 spiro atoms. The SMILES string of the molecule is O=C(NC1CCCC1Br)c1ccc(Br)c(F)c1. The Morgan fingerprint density at radius 2 is 2.18 bits per heavy atom. The van der Waals surface area contributed by atoms with Crippen LogP contribution in [0.2, 0.25) is 0 Å². The molecular formula is C12H12Br2FNO. The fraction of sp³-hybridized carbons (Fsp3) is 0.417. The molecule has 2 rings (SSSR count). The highest BCUT2D eigenvalue weighted by Gasteiger charge is 2.26. The Bertz CT molecular complexity index is 439. The highest BCUT2D eigenvalue weighted by atomic mass is 79.9. The smallest absolute Gasteiger partial charge is 0.251 e. The third kappa shape index (κ3) is 3.07. The minimum Gasteiger partial charge on any atom is -0.348 e. The van der Waals surface area contributed by atoms with Crippen LogP contribution in [0.5, 0.6) is 0 Å². The molecule has 0 heterocycles. The summed E-state index contributed by atoms with van der Waals surface area (Å²) in [5.41, 5.74) is 0.359. The average Bonchev–Trinajstić information content (AvgIpc) is 2.68. The highest BCUT2D eigenvalue weighted by Crippen LogP contribution is 2.26. The molecule has 92 valence electrons. The van der Waals surface area contributed by atoms with Gasteiger partial charge in [-0.1, -0.05) is 22.4 Å². The van der Waals surface area contributed by atoms with Gasteiger partial charge >= 0.3 is 0 Å². The largest absolute Gasteiger partial charge is 0.348 e. The first-order valence-electron chi connectivity index (χ1n) is 5.48. The monoisotopic (exact) mass is 363 g/mol. The van der Waals surface area contributed by atoms with Crippen molar-refractivity contribution in [2.75, 3.05) is 0 Å². The average molecular weight is 365 g/mol. The Morgan fingerprint density at radius 1 is 1.41 bits per heavy atom. The van der Waals surface area contributed by atoms with Gasteiger partial charge in [-0.15, -0.1) is 0 Å². The molecule has 1 saturated carbocycles. The quantitative estimate of drug-likeness (QED) is 0.797. The number of nitrogens with one attached hydrogen (secondary N) is 1. The van der Waals surface area contributed by atoms with Gasteiger partial charge in [-0.3, -0.25) is 4.79 Å². The predicted octanol–water partition coefficient (Wildman–Crippen LogP) is 3.63. The van der Waals surface area contributed by atoms with Gasteiger partial charge in [0.15, 0.2) is 0 Å². The van der Waals surface area contributed by atoms with Crippen molar-refractivity contribution in [3.05, 3.63) is 34.1 Å². The maximum Gasteiger partial charge on any atom is 0.251 e. The van der Waals surface area contributed by atoms with Gasteiger partial charge in [0, 0.05) is 16.4 Å². The Balaban J connectivity index is 2.06. The number of hydrogen-bond acceptors (Lipinski definition) is 1. The fourth-order valence-electron chi connectivity index (χ4n) is 1.97. The lowest BCUT2D eigenvalue weighted by molar-refractivity contribution is 0.0938. The zero-order valence-electron chi connectivity index (χ0n) is 9.05. The first kappa shape index (κ1) is 13.0. The molecule has 0 aromatic heterocycles. The van der Waals surface area contributed by atoms with E-state index in [1.807, 2.05) is 0 Å². The molecule has 1 aromatic rings. The lowest BCUT2D eigenvalue weighted by atomic mass is 10.2. The van der Waals surface area contributed by atoms with Crippen molar-refractivity contribution in [1.29, 1.82) is 0 Å². The molecule has 1 N–H and O–H groups in total. The number of alkyl halides is 1. The molecule has 1 fully saturated rings. The van der Waals surface area contributed by atoms with Gasteiger partial charge in [0.25, 0.3) is 5.91 Å². The van der Waals surface area contributed by atoms with Crippen molar-refractivity contribution in [2.45, 2.75) is 30.1 Å². The predicted molar refractivity (Wildman–Crippen MR) is 71.9 cm³/mol. The molecule has 1 aliphatic rings. The van der Waals surface area contributed by atoms with Crippen molar-refractivity contribution in [3.8, 4) is 0 Å². The number of carbonyl (C=O) groups is 1. The molecular weight excluding hydrogens is 353 g/mol. The number of benzene rings is 1. The number of hydrogen-bond donors (Lipinski definition) is 1. The molecule has 0 bridgehead atoms. The summed E-state index contributed by atoms with van der Waals surface area (Å²) in [6, 6.07) is 4.55. The fourth-order valence-corrected chi connectivity index (χ4v) is 2.93. The van der Waals surface area contributed by atoms with Gasteiger partial charge in [0.05, 0.1) is 4.47 Å². The number of carbonyl (C=O) groups excluding carboxylic acids is 1. The minimum atomic E-state index is -0.417. The standard InChI is InChI=1S/C12H12Br2FNO/c13-8-5-4-7(6-10(8)15)12(17)16-11-3-1-2-9(11)14/h4-6,9,11H,1-3H2,(H,16,17). The normalized spacial score (nSPS) is 23.7. The summed E-state index contributed by atoms with van der Waals surface area (Å²) in [5.74, 6) is -0.632. The summed E-state index contributed by atoms with van der Waals surface area (Å²) < 4.78 is 13.7. The van der Waals surface area contributed by atoms with E-state index in [2.05, 4.69) is 37.2 Å². The number of halogens is 3. The lowest BCUT2D eigenvalue weighted by Crippen LogP contribution is -2.37. The van der Waals surface area contributed by atoms with E-state index in [4.69, 9.17) is 0 Å². The van der Waals surface area contributed by atoms with E-state index in [1.54, 1.807) is 12.1 Å². The van der Waals surface area contributed by atoms with Crippen LogP contribution in [0.25, 0.3) is 0 Å². The maximum atomic E-state index is 13.3. The zero-order valence-corrected chi connectivity index (χ0v) is 12.2. The zero-order chi connectivity index (χ0) is 12.4. The third-order valence-corrected chi connectivity index (χ3v) is 4.67. The molecule has 2 unspecified atom stereocenters. The van der Waals surface area contributed by atoms with Gasteiger partial charge in [0.1, 0.15) is 5.82 Å². The minimum absolute atomic E-state index is 0.147. The van der Waals surface area contributed by atoms with Crippen LogP contribution in [0, 0.1) is 5.82 Å². The van der Waals surface area contributed by atoms with E-state index in [9.17, 15) is 9.18 Å². The number of rotatable bonds is 2. The molecule has 1 aliphatic carbocycles. The second-order valence-electron chi connectivity index (χ2n) is 4.16. The molecule has 2 atom stereocenters. The third-order valence-electron chi connectivity index (χ3n) is 2.93. The summed E-state index contributed by atoms with van der Waals surface area (Å²) in [6.07, 6.45) is 3.15. The Kier molecular flexibility index (Phi) is 4.20. The Labute approximate surface area is 116 Å². The summed E-state index contributed by atoms with van der Waals surface area (Å²) in [6.45, 7) is 0. The molecule has 5 heteroatoms. The summed E-state index contributed by atoms with van der Waals surface area (Å²) in [5, 5.41) is 2.92. The van der Waals surface area contributed by atoms with Crippen LogP contribution in [0.1, 0.15) is 29.6 Å². The maximum absolute atomic E-state index is 13.3. The molecule has 1 amide bonds. The van der Waals surface area contributed by atoms with Gasteiger partial charge in [0.2, 0.25) is 0 Å². The lowest BCUT2D eigenvalue weighted by Gasteiger charge is -2.16. The van der Waals surface area contributed by atoms with Crippen molar-refractivity contribution in [1.82, 2.24) is 5.32 Å². The molecule has 0 radical (unpaired) electrons. The van der Waals surface area contributed by atoms with Crippen molar-refractivity contribution < 1.29 is 9.18 Å². The van der Waals surface area contributed by atoms with Crippen LogP contribution in [-0.4, -0.2) is 16.8 Å². The van der Waals surface area contributed by atoms with Gasteiger partial charge in [-0.05, 0) is 47.0 Å². The van der Waals surface area contributed by atoms with E-state index in [0.717, 1.165) is 19.3 Å². The van der Waals surface area contributed by atoms with Crippen molar-refractivity contribution >= 4 is 37.8 Å². The van der Waals surface area contributed by atoms with E-state index in [0.29, 0.717) is 14.9 Å². The molecule has 1 aromatic carbocycles. The van der Waals surface area contributed by atoms with Crippen LogP contribution in [0.4, 0.5) is 4.39 Å². The second-order valence-corrected chi connectivity index (χ2v) is 6.19.